The molecule has 1 aliphatic heterocycles. The SMILES string of the molecule is O=C(O)C1CN(S(=O)(=O)c2ccccc2Cl)C1. The maximum Gasteiger partial charge on any atom is 0.309 e. The van der Waals surface area contributed by atoms with E-state index in [1.807, 2.05) is 0 Å². The summed E-state index contributed by atoms with van der Waals surface area (Å²) in [5.41, 5.74) is 0. The van der Waals surface area contributed by atoms with Gasteiger partial charge >= 0.3 is 5.97 Å². The molecule has 1 fully saturated rings. The second-order valence-electron chi connectivity index (χ2n) is 3.79. The van der Waals surface area contributed by atoms with E-state index in [9.17, 15) is 13.2 Å². The lowest BCUT2D eigenvalue weighted by atomic mass is 10.0. The normalized spacial score (nSPS) is 17.7. The van der Waals surface area contributed by atoms with Gasteiger partial charge in [0.25, 0.3) is 0 Å². The fourth-order valence-corrected chi connectivity index (χ4v) is 3.61. The number of rotatable bonds is 3. The van der Waals surface area contributed by atoms with E-state index in [-0.39, 0.29) is 23.0 Å². The van der Waals surface area contributed by atoms with E-state index in [0.717, 1.165) is 4.31 Å². The van der Waals surface area contributed by atoms with Crippen LogP contribution in [0.4, 0.5) is 0 Å². The lowest BCUT2D eigenvalue weighted by molar-refractivity contribution is -0.145. The smallest absolute Gasteiger partial charge is 0.309 e. The van der Waals surface area contributed by atoms with Crippen LogP contribution in [0.3, 0.4) is 0 Å². The van der Waals surface area contributed by atoms with Crippen LogP contribution in [0.15, 0.2) is 29.2 Å². The summed E-state index contributed by atoms with van der Waals surface area (Å²) in [6.07, 6.45) is 0. The number of nitrogens with zero attached hydrogens (tertiary/aromatic N) is 1. The van der Waals surface area contributed by atoms with Gasteiger partial charge in [0.15, 0.2) is 0 Å². The summed E-state index contributed by atoms with van der Waals surface area (Å²) >= 11 is 5.81. The van der Waals surface area contributed by atoms with E-state index in [2.05, 4.69) is 0 Å². The molecule has 17 heavy (non-hydrogen) atoms. The monoisotopic (exact) mass is 275 g/mol. The molecule has 0 spiro atoms. The van der Waals surface area contributed by atoms with Gasteiger partial charge in [-0.15, -0.1) is 0 Å². The molecule has 7 heteroatoms. The zero-order valence-corrected chi connectivity index (χ0v) is 10.3. The van der Waals surface area contributed by atoms with Gasteiger partial charge in [0.2, 0.25) is 10.0 Å². The highest BCUT2D eigenvalue weighted by Crippen LogP contribution is 2.29. The van der Waals surface area contributed by atoms with Crippen molar-refractivity contribution in [3.8, 4) is 0 Å². The summed E-state index contributed by atoms with van der Waals surface area (Å²) < 4.78 is 25.2. The van der Waals surface area contributed by atoms with Crippen LogP contribution < -0.4 is 0 Å². The van der Waals surface area contributed by atoms with E-state index in [0.29, 0.717) is 0 Å². The number of carboxylic acids is 1. The van der Waals surface area contributed by atoms with Crippen LogP contribution in [-0.4, -0.2) is 36.9 Å². The van der Waals surface area contributed by atoms with Crippen LogP contribution in [0.25, 0.3) is 0 Å². The number of benzene rings is 1. The number of halogens is 1. The van der Waals surface area contributed by atoms with E-state index in [1.54, 1.807) is 12.1 Å². The third-order valence-electron chi connectivity index (χ3n) is 2.65. The first-order valence-electron chi connectivity index (χ1n) is 4.90. The summed E-state index contributed by atoms with van der Waals surface area (Å²) in [5.74, 6) is -1.59. The van der Waals surface area contributed by atoms with Crippen LogP contribution in [0.1, 0.15) is 0 Å². The average molecular weight is 276 g/mol. The van der Waals surface area contributed by atoms with Crippen LogP contribution in [-0.2, 0) is 14.8 Å². The lowest BCUT2D eigenvalue weighted by Gasteiger charge is -2.35. The highest BCUT2D eigenvalue weighted by Gasteiger charge is 2.41. The van der Waals surface area contributed by atoms with Crippen molar-refractivity contribution in [1.82, 2.24) is 4.31 Å². The Morgan fingerprint density at radius 3 is 2.47 bits per heavy atom. The molecule has 1 aliphatic rings. The minimum absolute atomic E-state index is 0.00287. The first-order chi connectivity index (χ1) is 7.93. The highest BCUT2D eigenvalue weighted by atomic mass is 35.5. The Morgan fingerprint density at radius 1 is 1.35 bits per heavy atom. The van der Waals surface area contributed by atoms with Crippen molar-refractivity contribution in [3.63, 3.8) is 0 Å². The fourth-order valence-electron chi connectivity index (χ4n) is 1.58. The molecule has 1 heterocycles. The third kappa shape index (κ3) is 2.15. The first-order valence-corrected chi connectivity index (χ1v) is 6.72. The number of aliphatic carboxylic acids is 1. The van der Waals surface area contributed by atoms with Gasteiger partial charge in [-0.25, -0.2) is 8.42 Å². The second kappa shape index (κ2) is 4.29. The van der Waals surface area contributed by atoms with Crippen molar-refractivity contribution in [3.05, 3.63) is 29.3 Å². The molecule has 5 nitrogen and oxygen atoms in total. The molecule has 1 aromatic carbocycles. The number of carbonyl (C=O) groups is 1. The van der Waals surface area contributed by atoms with E-state index in [4.69, 9.17) is 16.7 Å². The predicted octanol–water partition coefficient (Wildman–Crippen LogP) is 1.05. The molecule has 0 atom stereocenters. The summed E-state index contributed by atoms with van der Waals surface area (Å²) in [6, 6.07) is 6.11. The molecule has 0 aromatic heterocycles. The summed E-state index contributed by atoms with van der Waals surface area (Å²) in [7, 11) is -3.66. The average Bonchev–Trinajstić information content (AvgIpc) is 2.14. The quantitative estimate of drug-likeness (QED) is 0.895. The maximum atomic E-state index is 12.1. The van der Waals surface area contributed by atoms with Crippen molar-refractivity contribution >= 4 is 27.6 Å². The molecular weight excluding hydrogens is 266 g/mol. The topological polar surface area (TPSA) is 74.7 Å². The van der Waals surface area contributed by atoms with Crippen molar-refractivity contribution < 1.29 is 18.3 Å². The maximum absolute atomic E-state index is 12.1. The molecule has 0 amide bonds. The van der Waals surface area contributed by atoms with Gasteiger partial charge in [-0.1, -0.05) is 23.7 Å². The molecule has 0 bridgehead atoms. The molecule has 0 unspecified atom stereocenters. The number of carboxylic acid groups (broad SMARTS) is 1. The molecule has 1 aromatic rings. The first kappa shape index (κ1) is 12.3. The molecule has 1 N–H and O–H groups in total. The van der Waals surface area contributed by atoms with E-state index in [1.165, 1.54) is 12.1 Å². The van der Waals surface area contributed by atoms with Gasteiger partial charge < -0.3 is 5.11 Å². The van der Waals surface area contributed by atoms with Crippen molar-refractivity contribution in [2.24, 2.45) is 5.92 Å². The van der Waals surface area contributed by atoms with Gasteiger partial charge in [0.1, 0.15) is 4.90 Å². The van der Waals surface area contributed by atoms with Gasteiger partial charge in [-0.2, -0.15) is 4.31 Å². The Bertz CT molecular complexity index is 551. The molecular formula is C10H10ClNO4S. The van der Waals surface area contributed by atoms with Gasteiger partial charge in [0.05, 0.1) is 10.9 Å². The van der Waals surface area contributed by atoms with E-state index >= 15 is 0 Å². The molecule has 0 saturated carbocycles. The van der Waals surface area contributed by atoms with Crippen molar-refractivity contribution in [2.75, 3.05) is 13.1 Å². The summed E-state index contributed by atoms with van der Waals surface area (Å²) in [4.78, 5) is 10.6. The zero-order valence-electron chi connectivity index (χ0n) is 8.71. The van der Waals surface area contributed by atoms with Crippen molar-refractivity contribution in [1.29, 1.82) is 0 Å². The van der Waals surface area contributed by atoms with Crippen LogP contribution in [0.5, 0.6) is 0 Å². The Kier molecular flexibility index (Phi) is 3.11. The largest absolute Gasteiger partial charge is 0.481 e. The number of hydrogen-bond acceptors (Lipinski definition) is 3. The van der Waals surface area contributed by atoms with Crippen LogP contribution in [0, 0.1) is 5.92 Å². The Balaban J connectivity index is 2.23. The van der Waals surface area contributed by atoms with Gasteiger partial charge in [-0.3, -0.25) is 4.79 Å². The van der Waals surface area contributed by atoms with E-state index < -0.39 is 21.9 Å². The molecule has 92 valence electrons. The Hall–Kier alpha value is -1.11. The Labute approximate surface area is 104 Å². The molecule has 1 saturated heterocycles. The van der Waals surface area contributed by atoms with Gasteiger partial charge in [-0.05, 0) is 12.1 Å². The zero-order chi connectivity index (χ0) is 12.6. The highest BCUT2D eigenvalue weighted by molar-refractivity contribution is 7.89. The van der Waals surface area contributed by atoms with Crippen LogP contribution in [0.2, 0.25) is 5.02 Å². The minimum atomic E-state index is -3.66. The molecule has 0 aliphatic carbocycles. The van der Waals surface area contributed by atoms with Crippen molar-refractivity contribution in [2.45, 2.75) is 4.90 Å². The fraction of sp³-hybridized carbons (Fsp3) is 0.300. The molecule has 2 rings (SSSR count). The number of sulfonamides is 1. The summed E-state index contributed by atoms with van der Waals surface area (Å²) in [6.45, 7) is 0.00573. The third-order valence-corrected chi connectivity index (χ3v) is 4.98. The van der Waals surface area contributed by atoms with Gasteiger partial charge in [0, 0.05) is 13.1 Å². The summed E-state index contributed by atoms with van der Waals surface area (Å²) in [5, 5.41) is 8.84. The molecule has 0 radical (unpaired) electrons. The predicted molar refractivity (Wildman–Crippen MR) is 61.3 cm³/mol. The number of hydrogen-bond donors (Lipinski definition) is 1. The minimum Gasteiger partial charge on any atom is -0.481 e. The second-order valence-corrected chi connectivity index (χ2v) is 6.10. The van der Waals surface area contributed by atoms with Crippen LogP contribution >= 0.6 is 11.6 Å². The Morgan fingerprint density at radius 2 is 1.94 bits per heavy atom. The standard InChI is InChI=1S/C10H10ClNO4S/c11-8-3-1-2-4-9(8)17(15,16)12-5-7(6-12)10(13)14/h1-4,7H,5-6H2,(H,13,14). The lowest BCUT2D eigenvalue weighted by Crippen LogP contribution is -2.52.